The van der Waals surface area contributed by atoms with Crippen LogP contribution in [0.25, 0.3) is 0 Å². The molecule has 0 radical (unpaired) electrons. The molecule has 8 heteroatoms. The van der Waals surface area contributed by atoms with Crippen LogP contribution in [-0.4, -0.2) is 29.9 Å². The van der Waals surface area contributed by atoms with E-state index in [-0.39, 0.29) is 34.4 Å². The summed E-state index contributed by atoms with van der Waals surface area (Å²) in [6, 6.07) is 10.2. The van der Waals surface area contributed by atoms with Crippen molar-refractivity contribution in [3.8, 4) is 5.75 Å². The van der Waals surface area contributed by atoms with Crippen molar-refractivity contribution in [2.75, 3.05) is 18.1 Å². The summed E-state index contributed by atoms with van der Waals surface area (Å²) in [6.07, 6.45) is 0.0842. The first-order valence-corrected chi connectivity index (χ1v) is 9.78. The minimum Gasteiger partial charge on any atom is -0.492 e. The van der Waals surface area contributed by atoms with Crippen molar-refractivity contribution in [1.82, 2.24) is 0 Å². The number of fused-ring (bicyclic) bond motifs is 1. The highest BCUT2D eigenvalue weighted by Crippen LogP contribution is 2.49. The van der Waals surface area contributed by atoms with Crippen LogP contribution in [0.5, 0.6) is 5.75 Å². The molecule has 3 rings (SSSR count). The molecule has 28 heavy (non-hydrogen) atoms. The maximum atomic E-state index is 13.0. The second-order valence-corrected chi connectivity index (χ2v) is 7.80. The Morgan fingerprint density at radius 3 is 2.46 bits per heavy atom. The Kier molecular flexibility index (Phi) is 6.20. The molecule has 1 aliphatic rings. The normalized spacial score (nSPS) is 18.3. The summed E-state index contributed by atoms with van der Waals surface area (Å²) >= 11 is 18.6. The molecule has 1 atom stereocenters. The zero-order valence-electron chi connectivity index (χ0n) is 15.0. The summed E-state index contributed by atoms with van der Waals surface area (Å²) in [4.78, 5) is 26.0. The Labute approximate surface area is 177 Å². The van der Waals surface area contributed by atoms with E-state index in [1.165, 1.54) is 17.9 Å². The Morgan fingerprint density at radius 2 is 1.79 bits per heavy atom. The predicted molar refractivity (Wildman–Crippen MR) is 110 cm³/mol. The van der Waals surface area contributed by atoms with Gasteiger partial charge in [0.15, 0.2) is 5.60 Å². The Morgan fingerprint density at radius 1 is 1.11 bits per heavy atom. The second-order valence-electron chi connectivity index (χ2n) is 6.58. The van der Waals surface area contributed by atoms with Gasteiger partial charge in [0.25, 0.3) is 5.91 Å². The van der Waals surface area contributed by atoms with Crippen molar-refractivity contribution in [3.05, 3.63) is 57.0 Å². The number of carbonyl (C=O) groups excluding carboxylic acids is 2. The third kappa shape index (κ3) is 3.85. The minimum atomic E-state index is -2.02. The number of nitrogens with zero attached hydrogens (tertiary/aromatic N) is 1. The van der Waals surface area contributed by atoms with Crippen LogP contribution < -0.4 is 9.64 Å². The molecule has 1 amide bonds. The first-order valence-electron chi connectivity index (χ1n) is 8.65. The van der Waals surface area contributed by atoms with Gasteiger partial charge in [-0.05, 0) is 37.6 Å². The maximum absolute atomic E-state index is 13.0. The number of ketones is 1. The Balaban J connectivity index is 1.80. The lowest BCUT2D eigenvalue weighted by atomic mass is 9.90. The number of ether oxygens (including phenoxy) is 1. The van der Waals surface area contributed by atoms with Crippen molar-refractivity contribution >= 4 is 52.2 Å². The summed E-state index contributed by atoms with van der Waals surface area (Å²) in [5, 5.41) is 12.0. The fraction of sp³-hybridized carbons (Fsp3) is 0.300. The summed E-state index contributed by atoms with van der Waals surface area (Å²) in [7, 11) is 0. The van der Waals surface area contributed by atoms with Gasteiger partial charge in [-0.2, -0.15) is 0 Å². The lowest BCUT2D eigenvalue weighted by molar-refractivity contribution is -0.141. The van der Waals surface area contributed by atoms with Gasteiger partial charge in [-0.25, -0.2) is 0 Å². The zero-order valence-corrected chi connectivity index (χ0v) is 17.3. The van der Waals surface area contributed by atoms with Gasteiger partial charge in [-0.3, -0.25) is 9.59 Å². The van der Waals surface area contributed by atoms with Crippen molar-refractivity contribution < 1.29 is 19.4 Å². The summed E-state index contributed by atoms with van der Waals surface area (Å²) in [5.74, 6) is -0.404. The summed E-state index contributed by atoms with van der Waals surface area (Å²) in [5.41, 5.74) is -1.51. The van der Waals surface area contributed by atoms with Crippen LogP contribution >= 0.6 is 34.8 Å². The zero-order chi connectivity index (χ0) is 20.5. The predicted octanol–water partition coefficient (Wildman–Crippen LogP) is 4.63. The van der Waals surface area contributed by atoms with Gasteiger partial charge in [-0.15, -0.1) is 0 Å². The average Bonchev–Trinajstić information content (AvgIpc) is 2.85. The van der Waals surface area contributed by atoms with Crippen LogP contribution in [0, 0.1) is 0 Å². The van der Waals surface area contributed by atoms with Crippen molar-refractivity contribution in [2.45, 2.75) is 25.4 Å². The monoisotopic (exact) mass is 441 g/mol. The quantitative estimate of drug-likeness (QED) is 0.635. The molecular formula is C20H18Cl3NO4. The molecule has 1 heterocycles. The van der Waals surface area contributed by atoms with Crippen molar-refractivity contribution in [3.63, 3.8) is 0 Å². The molecule has 0 aromatic heterocycles. The smallest absolute Gasteiger partial charge is 0.264 e. The molecule has 0 aliphatic carbocycles. The number of Topliss-reactive ketones (excluding diaryl/α,β-unsaturated/α-hetero) is 1. The largest absolute Gasteiger partial charge is 0.492 e. The molecule has 5 nitrogen and oxygen atoms in total. The lowest BCUT2D eigenvalue weighted by Gasteiger charge is -2.22. The molecule has 1 aliphatic heterocycles. The van der Waals surface area contributed by atoms with Gasteiger partial charge < -0.3 is 14.7 Å². The number of benzene rings is 2. The summed E-state index contributed by atoms with van der Waals surface area (Å²) < 4.78 is 5.64. The third-order valence-corrected chi connectivity index (χ3v) is 5.42. The van der Waals surface area contributed by atoms with Crippen LogP contribution in [0.3, 0.4) is 0 Å². The van der Waals surface area contributed by atoms with Gasteiger partial charge in [0.05, 0.1) is 22.3 Å². The van der Waals surface area contributed by atoms with E-state index in [0.29, 0.717) is 29.5 Å². The molecule has 0 bridgehead atoms. The molecule has 0 saturated heterocycles. The fourth-order valence-electron chi connectivity index (χ4n) is 3.33. The average molecular weight is 443 g/mol. The van der Waals surface area contributed by atoms with E-state index < -0.39 is 11.5 Å². The molecule has 1 unspecified atom stereocenters. The van der Waals surface area contributed by atoms with E-state index in [0.717, 1.165) is 0 Å². The topological polar surface area (TPSA) is 66.8 Å². The van der Waals surface area contributed by atoms with Gasteiger partial charge in [0, 0.05) is 23.6 Å². The van der Waals surface area contributed by atoms with Crippen molar-refractivity contribution in [2.24, 2.45) is 0 Å². The first kappa shape index (κ1) is 20.9. The molecule has 1 N–H and O–H groups in total. The highest BCUT2D eigenvalue weighted by atomic mass is 35.5. The van der Waals surface area contributed by atoms with E-state index >= 15 is 0 Å². The second kappa shape index (κ2) is 8.29. The van der Waals surface area contributed by atoms with Gasteiger partial charge in [-0.1, -0.05) is 46.9 Å². The maximum Gasteiger partial charge on any atom is 0.264 e. The van der Waals surface area contributed by atoms with E-state index in [2.05, 4.69) is 0 Å². The van der Waals surface area contributed by atoms with Crippen LogP contribution in [-0.2, 0) is 15.2 Å². The summed E-state index contributed by atoms with van der Waals surface area (Å²) in [6.45, 7) is 1.84. The number of hydrogen-bond donors (Lipinski definition) is 1. The molecule has 0 saturated carbocycles. The van der Waals surface area contributed by atoms with E-state index in [1.807, 2.05) is 6.07 Å². The number of para-hydroxylation sites is 1. The number of amides is 1. The highest BCUT2D eigenvalue weighted by molar-refractivity contribution is 6.38. The number of rotatable bonds is 7. The number of carbonyl (C=O) groups is 2. The number of aliphatic hydroxyl groups is 1. The molecule has 148 valence electrons. The lowest BCUT2D eigenvalue weighted by Crippen LogP contribution is -2.42. The van der Waals surface area contributed by atoms with Gasteiger partial charge in [0.2, 0.25) is 0 Å². The Bertz CT molecular complexity index is 934. The van der Waals surface area contributed by atoms with Crippen molar-refractivity contribution in [1.29, 1.82) is 0 Å². The number of halogens is 3. The SMILES string of the molecule is CC(=O)CC1(O)C(=O)N(CCCOc2ccccc2Cl)c2c(Cl)ccc(Cl)c21. The highest BCUT2D eigenvalue weighted by Gasteiger charge is 2.52. The minimum absolute atomic E-state index is 0.175. The van der Waals surface area contributed by atoms with Crippen LogP contribution in [0.1, 0.15) is 25.3 Å². The van der Waals surface area contributed by atoms with Crippen LogP contribution in [0.4, 0.5) is 5.69 Å². The molecule has 0 spiro atoms. The first-order chi connectivity index (χ1) is 13.3. The molecule has 2 aromatic carbocycles. The third-order valence-electron chi connectivity index (χ3n) is 4.49. The molecule has 2 aromatic rings. The standard InChI is InChI=1S/C20H18Cl3NO4/c1-12(25)11-20(27)17-14(22)7-8-15(23)18(17)24(19(20)26)9-4-10-28-16-6-3-2-5-13(16)21/h2-3,5-8,27H,4,9-11H2,1H3. The molecular weight excluding hydrogens is 425 g/mol. The Hall–Kier alpha value is -1.79. The van der Waals surface area contributed by atoms with E-state index in [4.69, 9.17) is 39.5 Å². The van der Waals surface area contributed by atoms with Gasteiger partial charge >= 0.3 is 0 Å². The van der Waals surface area contributed by atoms with E-state index in [1.54, 1.807) is 24.3 Å². The van der Waals surface area contributed by atoms with Gasteiger partial charge in [0.1, 0.15) is 11.5 Å². The number of anilines is 1. The molecule has 0 fully saturated rings. The number of hydrogen-bond acceptors (Lipinski definition) is 4. The van der Waals surface area contributed by atoms with Crippen LogP contribution in [0.2, 0.25) is 15.1 Å². The fourth-order valence-corrected chi connectivity index (χ4v) is 4.09. The van der Waals surface area contributed by atoms with E-state index in [9.17, 15) is 14.7 Å². The van der Waals surface area contributed by atoms with Crippen LogP contribution in [0.15, 0.2) is 36.4 Å².